The summed E-state index contributed by atoms with van der Waals surface area (Å²) in [5, 5.41) is 3.44. The van der Waals surface area contributed by atoms with Gasteiger partial charge in [-0.3, -0.25) is 14.4 Å². The van der Waals surface area contributed by atoms with Gasteiger partial charge in [0.15, 0.2) is 0 Å². The average Bonchev–Trinajstić information content (AvgIpc) is 3.04. The monoisotopic (exact) mass is 438 g/mol. The molecule has 0 atom stereocenters. The number of unbranched alkanes of at least 4 members (excludes halogenated alkanes) is 1. The van der Waals surface area contributed by atoms with E-state index in [1.54, 1.807) is 44.6 Å². The van der Waals surface area contributed by atoms with Gasteiger partial charge in [0.05, 0.1) is 6.54 Å². The van der Waals surface area contributed by atoms with Gasteiger partial charge in [-0.1, -0.05) is 6.08 Å². The van der Waals surface area contributed by atoms with Crippen LogP contribution in [0.5, 0.6) is 0 Å². The fourth-order valence-corrected chi connectivity index (χ4v) is 3.39. The van der Waals surface area contributed by atoms with Gasteiger partial charge in [0.1, 0.15) is 11.5 Å². The molecule has 0 radical (unpaired) electrons. The molecule has 8 heteroatoms. The molecule has 1 aromatic carbocycles. The maximum absolute atomic E-state index is 13.5. The largest absolute Gasteiger partial charge is 0.346 e. The van der Waals surface area contributed by atoms with Crippen LogP contribution < -0.4 is 10.9 Å². The van der Waals surface area contributed by atoms with E-state index in [4.69, 9.17) is 0 Å². The number of hydrogen-bond acceptors (Lipinski definition) is 3. The Labute approximate surface area is 185 Å². The van der Waals surface area contributed by atoms with Gasteiger partial charge in [0.2, 0.25) is 11.8 Å². The third kappa shape index (κ3) is 5.51. The number of likely N-dealkylation sites (N-methyl/N-ethyl adjacent to an activating group) is 1. The van der Waals surface area contributed by atoms with Crippen molar-refractivity contribution in [3.8, 4) is 0 Å². The first kappa shape index (κ1) is 23.0. The summed E-state index contributed by atoms with van der Waals surface area (Å²) < 4.78 is 16.9. The number of rotatable bonds is 8. The van der Waals surface area contributed by atoms with Gasteiger partial charge >= 0.3 is 0 Å². The van der Waals surface area contributed by atoms with E-state index in [1.807, 2.05) is 17.7 Å². The normalized spacial score (nSPS) is 11.2. The fourth-order valence-electron chi connectivity index (χ4n) is 3.39. The number of benzene rings is 1. The van der Waals surface area contributed by atoms with Crippen molar-refractivity contribution in [2.45, 2.75) is 25.8 Å². The van der Waals surface area contributed by atoms with E-state index in [0.29, 0.717) is 19.4 Å². The molecule has 7 nitrogen and oxygen atoms in total. The molecule has 168 valence electrons. The summed E-state index contributed by atoms with van der Waals surface area (Å²) in [6.07, 6.45) is 6.27. The summed E-state index contributed by atoms with van der Waals surface area (Å²) in [4.78, 5) is 38.0. The predicted molar refractivity (Wildman–Crippen MR) is 123 cm³/mol. The minimum Gasteiger partial charge on any atom is -0.346 e. The average molecular weight is 439 g/mol. The molecule has 0 bridgehead atoms. The number of aryl methyl sites for hydroxylation is 1. The van der Waals surface area contributed by atoms with Crippen LogP contribution >= 0.6 is 0 Å². The number of nitrogens with zero attached hydrogens (tertiary/aromatic N) is 3. The van der Waals surface area contributed by atoms with Gasteiger partial charge in [-0.05, 0) is 55.3 Å². The van der Waals surface area contributed by atoms with Crippen molar-refractivity contribution in [3.05, 3.63) is 76.6 Å². The molecule has 2 heterocycles. The van der Waals surface area contributed by atoms with Crippen molar-refractivity contribution in [2.24, 2.45) is 7.05 Å². The van der Waals surface area contributed by atoms with Crippen molar-refractivity contribution in [1.82, 2.24) is 14.0 Å². The molecule has 2 amide bonds. The third-order valence-electron chi connectivity index (χ3n) is 5.21. The van der Waals surface area contributed by atoms with Crippen LogP contribution in [0.15, 0.2) is 59.5 Å². The number of hydrogen-bond donors (Lipinski definition) is 1. The van der Waals surface area contributed by atoms with Crippen molar-refractivity contribution < 1.29 is 14.0 Å². The van der Waals surface area contributed by atoms with Gasteiger partial charge < -0.3 is 19.4 Å². The van der Waals surface area contributed by atoms with Gasteiger partial charge in [-0.15, -0.1) is 0 Å². The van der Waals surface area contributed by atoms with Crippen LogP contribution in [0.25, 0.3) is 10.9 Å². The smallest absolute Gasteiger partial charge is 0.274 e. The number of carbonyl (C=O) groups excluding carboxylic acids is 2. The van der Waals surface area contributed by atoms with Crippen LogP contribution in [-0.2, 0) is 23.2 Å². The lowest BCUT2D eigenvalue weighted by atomic mass is 10.2. The standard InChI is InChI=1S/C24H27FN4O3/c1-27(2)23(31)10-6-4-5-9-22(30)26-20-8-7-13-29(24(20)32)16-19-15-17-14-18(25)11-12-21(17)28(19)3/h6-8,10-15H,4-5,9,16H2,1-3H3,(H,26,30)/b10-6+. The van der Waals surface area contributed by atoms with Gasteiger partial charge in [-0.2, -0.15) is 0 Å². The number of aromatic nitrogens is 2. The lowest BCUT2D eigenvalue weighted by Gasteiger charge is -2.10. The quantitative estimate of drug-likeness (QED) is 0.433. The molecule has 3 aromatic rings. The summed E-state index contributed by atoms with van der Waals surface area (Å²) in [6, 6.07) is 9.70. The van der Waals surface area contributed by atoms with Crippen molar-refractivity contribution in [3.63, 3.8) is 0 Å². The molecule has 0 unspecified atom stereocenters. The van der Waals surface area contributed by atoms with E-state index in [9.17, 15) is 18.8 Å². The number of amides is 2. The van der Waals surface area contributed by atoms with Crippen LogP contribution in [0.4, 0.5) is 10.1 Å². The zero-order valence-corrected chi connectivity index (χ0v) is 18.5. The first-order chi connectivity index (χ1) is 15.3. The Morgan fingerprint density at radius 1 is 1.19 bits per heavy atom. The molecule has 1 N–H and O–H groups in total. The highest BCUT2D eigenvalue weighted by Gasteiger charge is 2.11. The Morgan fingerprint density at radius 3 is 2.72 bits per heavy atom. The SMILES string of the molecule is CN(C)C(=O)/C=C/CCCC(=O)Nc1cccn(Cc2cc3cc(F)ccc3n2C)c1=O. The molecule has 0 aliphatic heterocycles. The highest BCUT2D eigenvalue weighted by Crippen LogP contribution is 2.20. The molecule has 0 spiro atoms. The van der Waals surface area contributed by atoms with Gasteiger partial charge in [0.25, 0.3) is 5.56 Å². The molecular weight excluding hydrogens is 411 g/mol. The summed E-state index contributed by atoms with van der Waals surface area (Å²) in [5.74, 6) is -0.667. The van der Waals surface area contributed by atoms with Crippen LogP contribution in [-0.4, -0.2) is 39.9 Å². The highest BCUT2D eigenvalue weighted by molar-refractivity contribution is 5.90. The fraction of sp³-hybridized carbons (Fsp3) is 0.292. The number of anilines is 1. The number of pyridine rings is 1. The van der Waals surface area contributed by atoms with E-state index in [-0.39, 0.29) is 35.3 Å². The zero-order chi connectivity index (χ0) is 23.3. The first-order valence-electron chi connectivity index (χ1n) is 10.4. The van der Waals surface area contributed by atoms with Crippen LogP contribution in [0.1, 0.15) is 25.0 Å². The van der Waals surface area contributed by atoms with E-state index in [1.165, 1.54) is 27.7 Å². The molecule has 3 rings (SSSR count). The lowest BCUT2D eigenvalue weighted by Crippen LogP contribution is -2.26. The molecule has 2 aromatic heterocycles. The Hall–Kier alpha value is -3.68. The number of fused-ring (bicyclic) bond motifs is 1. The predicted octanol–water partition coefficient (Wildman–Crippen LogP) is 3.28. The summed E-state index contributed by atoms with van der Waals surface area (Å²) >= 11 is 0. The van der Waals surface area contributed by atoms with E-state index >= 15 is 0 Å². The molecule has 0 aliphatic carbocycles. The molecule has 0 aliphatic rings. The second kappa shape index (κ2) is 10.1. The first-order valence-corrected chi connectivity index (χ1v) is 10.4. The second-order valence-electron chi connectivity index (χ2n) is 7.83. The lowest BCUT2D eigenvalue weighted by molar-refractivity contribution is -0.123. The van der Waals surface area contributed by atoms with E-state index < -0.39 is 0 Å². The molecule has 0 saturated carbocycles. The number of allylic oxidation sites excluding steroid dienone is 1. The summed E-state index contributed by atoms with van der Waals surface area (Å²) in [7, 11) is 5.21. The number of carbonyl (C=O) groups is 2. The molecule has 32 heavy (non-hydrogen) atoms. The van der Waals surface area contributed by atoms with E-state index in [0.717, 1.165) is 16.6 Å². The zero-order valence-electron chi connectivity index (χ0n) is 18.5. The topological polar surface area (TPSA) is 76.3 Å². The minimum atomic E-state index is -0.311. The Balaban J connectivity index is 1.63. The maximum Gasteiger partial charge on any atom is 0.274 e. The van der Waals surface area contributed by atoms with Crippen molar-refractivity contribution in [1.29, 1.82) is 0 Å². The Morgan fingerprint density at radius 2 is 1.97 bits per heavy atom. The third-order valence-corrected chi connectivity index (χ3v) is 5.21. The number of nitrogens with one attached hydrogen (secondary N) is 1. The van der Waals surface area contributed by atoms with Crippen LogP contribution in [0, 0.1) is 5.82 Å². The molecular formula is C24H27FN4O3. The summed E-state index contributed by atoms with van der Waals surface area (Å²) in [6.45, 7) is 0.292. The van der Waals surface area contributed by atoms with Gasteiger partial charge in [0, 0.05) is 50.4 Å². The minimum absolute atomic E-state index is 0.101. The maximum atomic E-state index is 13.5. The second-order valence-corrected chi connectivity index (χ2v) is 7.83. The van der Waals surface area contributed by atoms with E-state index in [2.05, 4.69) is 5.32 Å². The van der Waals surface area contributed by atoms with Crippen molar-refractivity contribution >= 4 is 28.4 Å². The highest BCUT2D eigenvalue weighted by atomic mass is 19.1. The Kier molecular flexibility index (Phi) is 7.25. The van der Waals surface area contributed by atoms with Crippen LogP contribution in [0.3, 0.4) is 0 Å². The molecule has 0 fully saturated rings. The molecule has 0 saturated heterocycles. The van der Waals surface area contributed by atoms with Crippen molar-refractivity contribution in [2.75, 3.05) is 19.4 Å². The van der Waals surface area contributed by atoms with Gasteiger partial charge in [-0.25, -0.2) is 4.39 Å². The van der Waals surface area contributed by atoms with Crippen LogP contribution in [0.2, 0.25) is 0 Å². The Bertz CT molecular complexity index is 1220. The summed E-state index contributed by atoms with van der Waals surface area (Å²) in [5.41, 5.74) is 1.62. The number of halogens is 1.